The molecule has 3 N–H and O–H groups in total. The quantitative estimate of drug-likeness (QED) is 0.390. The summed E-state index contributed by atoms with van der Waals surface area (Å²) < 4.78 is 20.0. The zero-order chi connectivity index (χ0) is 27.1. The number of hydrogen-bond donors (Lipinski definition) is 3. The molecule has 1 unspecified atom stereocenters. The normalized spacial score (nSPS) is 22.1. The molecule has 3 amide bonds. The molecule has 2 saturated heterocycles. The van der Waals surface area contributed by atoms with Crippen LogP contribution >= 0.6 is 0 Å². The number of carbonyl (C=O) groups is 3. The van der Waals surface area contributed by atoms with Gasteiger partial charge >= 0.3 is 0 Å². The SMILES string of the molecule is N=C(/C=C\Nc1ccccc1F)CN1CCC2(CC1)COc1c2ccc2c1CN(C1CCC(=O)NC1=O)C2=O. The number of para-hydroxylation sites is 1. The maximum Gasteiger partial charge on any atom is 0.255 e. The summed E-state index contributed by atoms with van der Waals surface area (Å²) in [6, 6.07) is 9.62. The molecule has 4 aliphatic heterocycles. The number of halogens is 1. The summed E-state index contributed by atoms with van der Waals surface area (Å²) in [5.41, 5.74) is 3.17. The summed E-state index contributed by atoms with van der Waals surface area (Å²) in [6.45, 7) is 2.95. The maximum absolute atomic E-state index is 13.7. The average Bonchev–Trinajstić information content (AvgIpc) is 3.44. The molecule has 0 saturated carbocycles. The number of hydrogen-bond acceptors (Lipinski definition) is 7. The minimum absolute atomic E-state index is 0.142. The molecule has 6 rings (SSSR count). The summed E-state index contributed by atoms with van der Waals surface area (Å²) in [7, 11) is 0. The molecule has 10 heteroatoms. The van der Waals surface area contributed by atoms with Crippen LogP contribution in [0.1, 0.15) is 47.2 Å². The fraction of sp³-hybridized carbons (Fsp3) is 0.379. The highest BCUT2D eigenvalue weighted by atomic mass is 19.1. The third-order valence-corrected chi connectivity index (χ3v) is 8.34. The van der Waals surface area contributed by atoms with Gasteiger partial charge in [0.1, 0.15) is 17.6 Å². The first-order valence-electron chi connectivity index (χ1n) is 13.3. The van der Waals surface area contributed by atoms with E-state index >= 15 is 0 Å². The lowest BCUT2D eigenvalue weighted by molar-refractivity contribution is -0.136. The number of likely N-dealkylation sites (tertiary alicyclic amines) is 1. The van der Waals surface area contributed by atoms with Crippen molar-refractivity contribution < 1.29 is 23.5 Å². The van der Waals surface area contributed by atoms with Gasteiger partial charge in [-0.05, 0) is 56.6 Å². The number of nitrogens with one attached hydrogen (secondary N) is 3. The van der Waals surface area contributed by atoms with Crippen LogP contribution in [0.3, 0.4) is 0 Å². The fourth-order valence-corrected chi connectivity index (χ4v) is 6.14. The predicted molar refractivity (Wildman–Crippen MR) is 142 cm³/mol. The monoisotopic (exact) mass is 531 g/mol. The number of ether oxygens (including phenoxy) is 1. The van der Waals surface area contributed by atoms with E-state index in [1.165, 1.54) is 6.07 Å². The average molecular weight is 532 g/mol. The Bertz CT molecular complexity index is 1400. The van der Waals surface area contributed by atoms with Crippen LogP contribution in [0, 0.1) is 11.2 Å². The number of anilines is 1. The van der Waals surface area contributed by atoms with Gasteiger partial charge in [-0.25, -0.2) is 4.39 Å². The van der Waals surface area contributed by atoms with E-state index < -0.39 is 11.9 Å². The van der Waals surface area contributed by atoms with Gasteiger partial charge in [0, 0.05) is 47.0 Å². The topological polar surface area (TPSA) is 115 Å². The second-order valence-electron chi connectivity index (χ2n) is 10.7. The number of amides is 3. The smallest absolute Gasteiger partial charge is 0.255 e. The molecule has 0 aliphatic carbocycles. The van der Waals surface area contributed by atoms with Gasteiger partial charge in [-0.3, -0.25) is 24.6 Å². The van der Waals surface area contributed by atoms with Gasteiger partial charge in [-0.15, -0.1) is 0 Å². The van der Waals surface area contributed by atoms with Crippen LogP contribution < -0.4 is 15.4 Å². The lowest BCUT2D eigenvalue weighted by Gasteiger charge is -2.38. The lowest BCUT2D eigenvalue weighted by Crippen LogP contribution is -2.52. The molecular weight excluding hydrogens is 501 g/mol. The molecule has 0 aromatic heterocycles. The van der Waals surface area contributed by atoms with Gasteiger partial charge in [0.05, 0.1) is 18.8 Å². The Morgan fingerprint density at radius 3 is 2.74 bits per heavy atom. The summed E-state index contributed by atoms with van der Waals surface area (Å²) in [5, 5.41) is 13.6. The highest BCUT2D eigenvalue weighted by molar-refractivity contribution is 6.05. The fourth-order valence-electron chi connectivity index (χ4n) is 6.14. The Labute approximate surface area is 225 Å². The van der Waals surface area contributed by atoms with Crippen LogP contribution in [0.2, 0.25) is 0 Å². The van der Waals surface area contributed by atoms with E-state index in [1.54, 1.807) is 35.4 Å². The predicted octanol–water partition coefficient (Wildman–Crippen LogP) is 2.96. The van der Waals surface area contributed by atoms with Gasteiger partial charge < -0.3 is 20.4 Å². The number of carbonyl (C=O) groups excluding carboxylic acids is 3. The third-order valence-electron chi connectivity index (χ3n) is 8.34. The van der Waals surface area contributed by atoms with Gasteiger partial charge in [0.15, 0.2) is 0 Å². The molecule has 39 heavy (non-hydrogen) atoms. The van der Waals surface area contributed by atoms with Crippen LogP contribution in [0.15, 0.2) is 48.7 Å². The molecule has 4 aliphatic rings. The van der Waals surface area contributed by atoms with E-state index in [9.17, 15) is 18.8 Å². The minimum atomic E-state index is -0.650. The van der Waals surface area contributed by atoms with E-state index in [1.807, 2.05) is 12.1 Å². The van der Waals surface area contributed by atoms with Crippen LogP contribution in [0.5, 0.6) is 5.75 Å². The van der Waals surface area contributed by atoms with Crippen molar-refractivity contribution in [2.45, 2.75) is 43.7 Å². The van der Waals surface area contributed by atoms with Gasteiger partial charge in [-0.2, -0.15) is 0 Å². The Morgan fingerprint density at radius 1 is 1.18 bits per heavy atom. The Kier molecular flexibility index (Phi) is 6.42. The highest BCUT2D eigenvalue weighted by Gasteiger charge is 2.47. The summed E-state index contributed by atoms with van der Waals surface area (Å²) in [6.07, 6.45) is 5.53. The van der Waals surface area contributed by atoms with Crippen LogP contribution in [-0.4, -0.2) is 65.5 Å². The Morgan fingerprint density at radius 2 is 1.97 bits per heavy atom. The van der Waals surface area contributed by atoms with Crippen molar-refractivity contribution in [1.29, 1.82) is 5.41 Å². The van der Waals surface area contributed by atoms with E-state index in [0.29, 0.717) is 43.1 Å². The van der Waals surface area contributed by atoms with Crippen molar-refractivity contribution in [2.24, 2.45) is 0 Å². The lowest BCUT2D eigenvalue weighted by atomic mass is 9.74. The second kappa shape index (κ2) is 9.92. The standard InChI is InChI=1S/C29H30FN5O4/c30-22-3-1-2-4-23(22)32-12-9-18(31)15-34-13-10-29(11-14-34)17-39-26-20-16-35(24-7-8-25(36)33-27(24)37)28(38)19(20)5-6-21(26)29/h1-6,9,12,24,31-32H,7-8,10-11,13-17H2,(H,33,36,37)/b12-9-,31-18?. The largest absolute Gasteiger partial charge is 0.492 e. The number of nitrogens with zero attached hydrogens (tertiary/aromatic N) is 2. The van der Waals surface area contributed by atoms with Crippen molar-refractivity contribution in [3.8, 4) is 5.75 Å². The summed E-state index contributed by atoms with van der Waals surface area (Å²) in [4.78, 5) is 40.9. The maximum atomic E-state index is 13.7. The molecule has 9 nitrogen and oxygen atoms in total. The number of imide groups is 1. The number of fused-ring (bicyclic) bond motifs is 4. The number of piperidine rings is 2. The van der Waals surface area contributed by atoms with Crippen molar-refractivity contribution in [1.82, 2.24) is 15.1 Å². The summed E-state index contributed by atoms with van der Waals surface area (Å²) >= 11 is 0. The molecule has 2 aromatic rings. The van der Waals surface area contributed by atoms with E-state index in [0.717, 1.165) is 42.8 Å². The first-order valence-corrected chi connectivity index (χ1v) is 13.3. The van der Waals surface area contributed by atoms with Crippen molar-refractivity contribution in [3.63, 3.8) is 0 Å². The Balaban J connectivity index is 1.09. The summed E-state index contributed by atoms with van der Waals surface area (Å²) in [5.74, 6) is -0.495. The molecule has 202 valence electrons. The van der Waals surface area contributed by atoms with Crippen LogP contribution in [0.4, 0.5) is 10.1 Å². The van der Waals surface area contributed by atoms with Crippen molar-refractivity contribution in [2.75, 3.05) is 31.6 Å². The zero-order valence-electron chi connectivity index (χ0n) is 21.5. The molecule has 1 atom stereocenters. The molecule has 4 heterocycles. The van der Waals surface area contributed by atoms with Crippen molar-refractivity contribution in [3.05, 3.63) is 71.2 Å². The van der Waals surface area contributed by atoms with Crippen LogP contribution in [-0.2, 0) is 21.5 Å². The molecule has 1 spiro atoms. The molecular formula is C29H30FN5O4. The molecule has 0 bridgehead atoms. The minimum Gasteiger partial charge on any atom is -0.492 e. The molecule has 2 aromatic carbocycles. The first-order chi connectivity index (χ1) is 18.8. The van der Waals surface area contributed by atoms with Gasteiger partial charge in [0.2, 0.25) is 11.8 Å². The van der Waals surface area contributed by atoms with Gasteiger partial charge in [-0.1, -0.05) is 18.2 Å². The van der Waals surface area contributed by atoms with E-state index in [2.05, 4.69) is 15.5 Å². The van der Waals surface area contributed by atoms with E-state index in [4.69, 9.17) is 10.1 Å². The number of benzene rings is 2. The van der Waals surface area contributed by atoms with Crippen LogP contribution in [0.25, 0.3) is 0 Å². The zero-order valence-corrected chi connectivity index (χ0v) is 21.5. The highest BCUT2D eigenvalue weighted by Crippen LogP contribution is 2.49. The number of rotatable bonds is 6. The first kappa shape index (κ1) is 25.2. The molecule has 2 fully saturated rings. The molecule has 0 radical (unpaired) electrons. The van der Waals surface area contributed by atoms with E-state index in [-0.39, 0.29) is 29.5 Å². The van der Waals surface area contributed by atoms with Crippen molar-refractivity contribution >= 4 is 29.1 Å². The second-order valence-corrected chi connectivity index (χ2v) is 10.7. The van der Waals surface area contributed by atoms with Gasteiger partial charge in [0.25, 0.3) is 5.91 Å². The third kappa shape index (κ3) is 4.58. The Hall–Kier alpha value is -4.05.